The van der Waals surface area contributed by atoms with Crippen LogP contribution in [0.25, 0.3) is 0 Å². The molecule has 0 saturated heterocycles. The van der Waals surface area contributed by atoms with Crippen LogP contribution in [0.3, 0.4) is 0 Å². The highest BCUT2D eigenvalue weighted by atomic mass is 32.2. The molecule has 1 N–H and O–H groups in total. The van der Waals surface area contributed by atoms with Gasteiger partial charge in [0, 0.05) is 0 Å². The van der Waals surface area contributed by atoms with Crippen molar-refractivity contribution >= 4 is 27.1 Å². The van der Waals surface area contributed by atoms with Crippen LogP contribution in [0, 0.1) is 0 Å². The van der Waals surface area contributed by atoms with Crippen LogP contribution >= 0.6 is 0 Å². The van der Waals surface area contributed by atoms with E-state index in [1.54, 1.807) is 13.8 Å². The Kier molecular flexibility index (Phi) is 4.49. The number of rotatable bonds is 4. The van der Waals surface area contributed by atoms with Gasteiger partial charge in [-0.15, -0.1) is 0 Å². The molecule has 0 atom stereocenters. The number of carbonyl (C=O) groups excluding carboxylic acids is 2. The van der Waals surface area contributed by atoms with Gasteiger partial charge in [0.1, 0.15) is 4.86 Å². The van der Waals surface area contributed by atoms with E-state index in [-0.39, 0.29) is 13.2 Å². The van der Waals surface area contributed by atoms with Crippen LogP contribution in [-0.4, -0.2) is 44.0 Å². The molecule has 0 bridgehead atoms. The molecule has 1 rings (SSSR count). The largest absolute Gasteiger partial charge is 0.464 e. The van der Waals surface area contributed by atoms with E-state index in [0.717, 1.165) is 6.08 Å². The van der Waals surface area contributed by atoms with Crippen LogP contribution in [0.5, 0.6) is 0 Å². The molecule has 100 valence electrons. The van der Waals surface area contributed by atoms with Crippen molar-refractivity contribution in [3.63, 3.8) is 0 Å². The fourth-order valence-electron chi connectivity index (χ4n) is 1.50. The number of nitrogens with one attached hydrogen (secondary N) is 1. The van der Waals surface area contributed by atoms with Crippen molar-refractivity contribution in [2.24, 2.45) is 0 Å². The maximum absolute atomic E-state index is 11.9. The zero-order chi connectivity index (χ0) is 13.8. The van der Waals surface area contributed by atoms with E-state index in [4.69, 9.17) is 9.47 Å². The van der Waals surface area contributed by atoms with Crippen molar-refractivity contribution in [3.8, 4) is 0 Å². The SMILES string of the molecule is CCOC(=O)C1(C(=O)OCC)NC=CC1=S(=O)=O. The van der Waals surface area contributed by atoms with Crippen molar-refractivity contribution in [3.05, 3.63) is 12.3 Å². The fraction of sp³-hybridized carbons (Fsp3) is 0.500. The van der Waals surface area contributed by atoms with Crippen molar-refractivity contribution in [1.29, 1.82) is 0 Å². The maximum Gasteiger partial charge on any atom is 0.349 e. The molecule has 0 radical (unpaired) electrons. The molecule has 1 aliphatic heterocycles. The van der Waals surface area contributed by atoms with Crippen molar-refractivity contribution in [1.82, 2.24) is 5.32 Å². The first-order valence-corrected chi connectivity index (χ1v) is 6.33. The summed E-state index contributed by atoms with van der Waals surface area (Å²) in [4.78, 5) is 23.3. The molecule has 0 aromatic carbocycles. The van der Waals surface area contributed by atoms with E-state index < -0.39 is 32.6 Å². The molecule has 1 aliphatic rings. The van der Waals surface area contributed by atoms with Gasteiger partial charge in [0.05, 0.1) is 13.2 Å². The fourth-order valence-corrected chi connectivity index (χ4v) is 2.15. The van der Waals surface area contributed by atoms with E-state index in [0.29, 0.717) is 0 Å². The molecule has 0 aromatic heterocycles. The molecular formula is C10H13NO6S. The smallest absolute Gasteiger partial charge is 0.349 e. The van der Waals surface area contributed by atoms with Gasteiger partial charge in [-0.25, -0.2) is 9.59 Å². The Morgan fingerprint density at radius 3 is 2.11 bits per heavy atom. The van der Waals surface area contributed by atoms with Crippen LogP contribution in [0.1, 0.15) is 13.8 Å². The standard InChI is InChI=1S/C10H13NO6S/c1-3-16-8(12)10(9(13)17-4-2)7(18(14)15)5-6-11-10/h5-6,11H,3-4H2,1-2H3. The number of esters is 2. The van der Waals surface area contributed by atoms with Crippen molar-refractivity contribution in [2.75, 3.05) is 13.2 Å². The van der Waals surface area contributed by atoms with Crippen LogP contribution < -0.4 is 5.32 Å². The number of ether oxygens (including phenoxy) is 2. The summed E-state index contributed by atoms with van der Waals surface area (Å²) in [6, 6.07) is 0. The average Bonchev–Trinajstić information content (AvgIpc) is 2.75. The summed E-state index contributed by atoms with van der Waals surface area (Å²) in [5.41, 5.74) is -2.13. The van der Waals surface area contributed by atoms with Gasteiger partial charge in [0.2, 0.25) is 10.3 Å². The summed E-state index contributed by atoms with van der Waals surface area (Å²) >= 11 is 0. The van der Waals surface area contributed by atoms with Gasteiger partial charge in [-0.05, 0) is 26.1 Å². The summed E-state index contributed by atoms with van der Waals surface area (Å²) in [6.07, 6.45) is 2.32. The van der Waals surface area contributed by atoms with Crippen molar-refractivity contribution < 1.29 is 27.5 Å². The minimum Gasteiger partial charge on any atom is -0.464 e. The Balaban J connectivity index is 3.32. The summed E-state index contributed by atoms with van der Waals surface area (Å²) in [7, 11) is -2.74. The van der Waals surface area contributed by atoms with Gasteiger partial charge in [0.25, 0.3) is 5.54 Å². The normalized spacial score (nSPS) is 16.0. The monoisotopic (exact) mass is 275 g/mol. The topological polar surface area (TPSA) is 98.8 Å². The summed E-state index contributed by atoms with van der Waals surface area (Å²) in [5, 5.41) is 2.41. The van der Waals surface area contributed by atoms with Gasteiger partial charge in [-0.1, -0.05) is 0 Å². The Bertz CT molecular complexity index is 492. The van der Waals surface area contributed by atoms with Crippen LogP contribution in [0.2, 0.25) is 0 Å². The Hall–Kier alpha value is -1.83. The summed E-state index contributed by atoms with van der Waals surface area (Å²) in [5.74, 6) is -2.01. The second-order valence-corrected chi connectivity index (χ2v) is 4.18. The second kappa shape index (κ2) is 5.67. The lowest BCUT2D eigenvalue weighted by molar-refractivity contribution is -0.160. The highest BCUT2D eigenvalue weighted by Crippen LogP contribution is 2.18. The molecule has 0 aromatic rings. The lowest BCUT2D eigenvalue weighted by atomic mass is 9.98. The van der Waals surface area contributed by atoms with Gasteiger partial charge in [-0.3, -0.25) is 0 Å². The van der Waals surface area contributed by atoms with Gasteiger partial charge in [-0.2, -0.15) is 8.42 Å². The Morgan fingerprint density at radius 2 is 1.72 bits per heavy atom. The van der Waals surface area contributed by atoms with E-state index in [1.165, 1.54) is 6.20 Å². The molecule has 0 saturated carbocycles. The first-order chi connectivity index (χ1) is 8.50. The molecule has 0 spiro atoms. The predicted molar refractivity (Wildman–Crippen MR) is 62.2 cm³/mol. The third kappa shape index (κ3) is 2.23. The molecule has 7 nitrogen and oxygen atoms in total. The first-order valence-electron chi connectivity index (χ1n) is 5.26. The minimum atomic E-state index is -2.74. The number of hydrogen-bond acceptors (Lipinski definition) is 7. The highest BCUT2D eigenvalue weighted by molar-refractivity contribution is 7.73. The molecule has 0 aliphatic carbocycles. The van der Waals surface area contributed by atoms with Crippen LogP contribution in [0.15, 0.2) is 12.3 Å². The Labute approximate surface area is 105 Å². The minimum absolute atomic E-state index is 0.0143. The van der Waals surface area contributed by atoms with Gasteiger partial charge >= 0.3 is 11.9 Å². The number of hydrogen-bond donors (Lipinski definition) is 1. The molecule has 0 amide bonds. The molecule has 1 heterocycles. The second-order valence-electron chi connectivity index (χ2n) is 3.27. The predicted octanol–water partition coefficient (Wildman–Crippen LogP) is -0.980. The Morgan fingerprint density at radius 1 is 1.22 bits per heavy atom. The first kappa shape index (κ1) is 14.2. The summed E-state index contributed by atoms with van der Waals surface area (Å²) in [6.45, 7) is 3.13. The summed E-state index contributed by atoms with van der Waals surface area (Å²) < 4.78 is 31.7. The molecule has 0 unspecified atom stereocenters. The molecule has 8 heteroatoms. The third-order valence-electron chi connectivity index (χ3n) is 2.25. The molecule has 18 heavy (non-hydrogen) atoms. The maximum atomic E-state index is 11.9. The van der Waals surface area contributed by atoms with E-state index in [2.05, 4.69) is 5.32 Å². The van der Waals surface area contributed by atoms with E-state index in [9.17, 15) is 18.0 Å². The van der Waals surface area contributed by atoms with Crippen LogP contribution in [-0.2, 0) is 29.4 Å². The zero-order valence-corrected chi connectivity index (χ0v) is 10.7. The van der Waals surface area contributed by atoms with Crippen molar-refractivity contribution in [2.45, 2.75) is 19.4 Å². The lowest BCUT2D eigenvalue weighted by Crippen LogP contribution is -2.60. The zero-order valence-electron chi connectivity index (χ0n) is 9.93. The molecule has 0 fully saturated rings. The average molecular weight is 275 g/mol. The van der Waals surface area contributed by atoms with E-state index >= 15 is 0 Å². The van der Waals surface area contributed by atoms with Gasteiger partial charge in [0.15, 0.2) is 0 Å². The quantitative estimate of drug-likeness (QED) is 0.400. The number of carbonyl (C=O) groups is 2. The lowest BCUT2D eigenvalue weighted by Gasteiger charge is -2.24. The van der Waals surface area contributed by atoms with Gasteiger partial charge < -0.3 is 14.8 Å². The van der Waals surface area contributed by atoms with Crippen LogP contribution in [0.4, 0.5) is 0 Å². The highest BCUT2D eigenvalue weighted by Gasteiger charge is 2.55. The van der Waals surface area contributed by atoms with E-state index in [1.807, 2.05) is 0 Å². The third-order valence-corrected chi connectivity index (χ3v) is 3.05. The molecular weight excluding hydrogens is 262 g/mol.